The van der Waals surface area contributed by atoms with Crippen LogP contribution in [-0.4, -0.2) is 58.8 Å². The minimum atomic E-state index is -0.173. The Morgan fingerprint density at radius 3 is 2.96 bits per heavy atom. The van der Waals surface area contributed by atoms with Crippen molar-refractivity contribution in [1.82, 2.24) is 20.1 Å². The van der Waals surface area contributed by atoms with Crippen molar-refractivity contribution in [3.05, 3.63) is 35.4 Å². The van der Waals surface area contributed by atoms with Crippen molar-refractivity contribution in [2.45, 2.75) is 6.92 Å². The van der Waals surface area contributed by atoms with Gasteiger partial charge in [-0.05, 0) is 24.4 Å². The van der Waals surface area contributed by atoms with Crippen molar-refractivity contribution in [2.24, 2.45) is 0 Å². The Balaban J connectivity index is 1.57. The topological polar surface area (TPSA) is 80.2 Å². The molecule has 1 aromatic carbocycles. The summed E-state index contributed by atoms with van der Waals surface area (Å²) in [5.41, 5.74) is 0.901. The highest BCUT2D eigenvalue weighted by molar-refractivity contribution is 7.14. The molecule has 1 aliphatic rings. The first kappa shape index (κ1) is 15.8. The summed E-state index contributed by atoms with van der Waals surface area (Å²) in [5.74, 6) is 0.0968. The highest BCUT2D eigenvalue weighted by Gasteiger charge is 2.14. The van der Waals surface area contributed by atoms with E-state index in [0.29, 0.717) is 13.2 Å². The lowest BCUT2D eigenvalue weighted by molar-refractivity contribution is -0.118. The van der Waals surface area contributed by atoms with Crippen LogP contribution in [0.25, 0.3) is 21.3 Å². The molecule has 8 heteroatoms. The van der Waals surface area contributed by atoms with Crippen LogP contribution in [0.2, 0.25) is 0 Å². The van der Waals surface area contributed by atoms with E-state index >= 15 is 0 Å². The number of carbonyl (C=O) groups is 1. The number of anilines is 1. The van der Waals surface area contributed by atoms with E-state index in [4.69, 9.17) is 6.11 Å². The van der Waals surface area contributed by atoms with Gasteiger partial charge >= 0.3 is 0 Å². The van der Waals surface area contributed by atoms with Gasteiger partial charge in [0.1, 0.15) is 15.8 Å². The fourth-order valence-corrected chi connectivity index (χ4v) is 3.50. The quantitative estimate of drug-likeness (QED) is 0.759. The largest absolute Gasteiger partial charge is 0.379 e. The smallest absolute Gasteiger partial charge is 0.239 e. The third kappa shape index (κ3) is 3.87. The second kappa shape index (κ2) is 7.45. The summed E-state index contributed by atoms with van der Waals surface area (Å²) in [4.78, 5) is 18.6. The molecular formula is C18H19N5O2S. The molecule has 0 unspecified atom stereocenters. The summed E-state index contributed by atoms with van der Waals surface area (Å²) in [7, 11) is 0. The predicted molar refractivity (Wildman–Crippen MR) is 101 cm³/mol. The number of pyridine rings is 1. The Morgan fingerprint density at radius 2 is 2.19 bits per heavy atom. The van der Waals surface area contributed by atoms with Crippen molar-refractivity contribution in [3.63, 3.8) is 0 Å². The van der Waals surface area contributed by atoms with Gasteiger partial charge in [0.05, 0.1) is 21.1 Å². The van der Waals surface area contributed by atoms with Gasteiger partial charge in [-0.15, -0.1) is 10.2 Å². The van der Waals surface area contributed by atoms with Gasteiger partial charge < -0.3 is 10.1 Å². The van der Waals surface area contributed by atoms with Gasteiger partial charge in [-0.3, -0.25) is 9.69 Å². The molecule has 1 amide bonds. The third-order valence-corrected chi connectivity index (χ3v) is 5.03. The van der Waals surface area contributed by atoms with E-state index in [1.54, 1.807) is 6.20 Å². The van der Waals surface area contributed by atoms with Crippen molar-refractivity contribution >= 4 is 33.8 Å². The molecule has 1 fully saturated rings. The first-order chi connectivity index (χ1) is 13.1. The molecule has 7 nitrogen and oxygen atoms in total. The molecule has 3 heterocycles. The molecule has 1 aliphatic heterocycles. The summed E-state index contributed by atoms with van der Waals surface area (Å²) in [6, 6.07) is 5.95. The lowest BCUT2D eigenvalue weighted by Gasteiger charge is -2.25. The Bertz CT molecular complexity index is 987. The number of ether oxygens (including phenoxy) is 1. The highest BCUT2D eigenvalue weighted by atomic mass is 32.1. The molecule has 1 N–H and O–H groups in total. The lowest BCUT2D eigenvalue weighted by atomic mass is 10.1. The number of hydrogen-bond acceptors (Lipinski definition) is 7. The second-order valence-corrected chi connectivity index (χ2v) is 7.28. The molecule has 3 aromatic rings. The molecule has 0 spiro atoms. The number of hydrogen-bond donors (Lipinski definition) is 1. The molecule has 4 rings (SSSR count). The standard InChI is InChI=1S/C18H19N5O2S/c1-12-21-22-18(26-12)13-2-3-14-10-19-16(9-15(14)8-13)20-17(24)11-23-4-6-25-7-5-23/h2-3,8-10H,4-7,11H2,1H3,(H,19,20,24)/i9D. The second-order valence-electron chi connectivity index (χ2n) is 6.10. The summed E-state index contributed by atoms with van der Waals surface area (Å²) < 4.78 is 13.8. The normalized spacial score (nSPS) is 15.8. The average molecular weight is 370 g/mol. The number of aryl methyl sites for hydroxylation is 1. The monoisotopic (exact) mass is 370 g/mol. The number of nitrogens with one attached hydrogen (secondary N) is 1. The van der Waals surface area contributed by atoms with E-state index in [-0.39, 0.29) is 24.3 Å². The Morgan fingerprint density at radius 1 is 1.35 bits per heavy atom. The Hall–Kier alpha value is -2.42. The molecule has 0 bridgehead atoms. The van der Waals surface area contributed by atoms with E-state index in [1.165, 1.54) is 11.3 Å². The first-order valence-electron chi connectivity index (χ1n) is 8.90. The maximum absolute atomic E-state index is 12.3. The number of morpholine rings is 1. The number of amides is 1. The molecule has 2 aromatic heterocycles. The maximum atomic E-state index is 12.3. The van der Waals surface area contributed by atoms with Crippen molar-refractivity contribution in [2.75, 3.05) is 38.2 Å². The Labute approximate surface area is 156 Å². The van der Waals surface area contributed by atoms with Crippen LogP contribution in [0.15, 0.2) is 30.4 Å². The number of benzene rings is 1. The molecule has 0 radical (unpaired) electrons. The number of rotatable bonds is 4. The Kier molecular flexibility index (Phi) is 4.53. The van der Waals surface area contributed by atoms with Gasteiger partial charge in [-0.25, -0.2) is 4.98 Å². The van der Waals surface area contributed by atoms with Gasteiger partial charge in [-0.2, -0.15) is 0 Å². The van der Waals surface area contributed by atoms with Crippen LogP contribution < -0.4 is 5.32 Å². The third-order valence-electron chi connectivity index (χ3n) is 4.14. The van der Waals surface area contributed by atoms with Gasteiger partial charge in [0.15, 0.2) is 0 Å². The minimum absolute atomic E-state index is 0.173. The van der Waals surface area contributed by atoms with Crippen LogP contribution in [0.4, 0.5) is 5.82 Å². The number of carbonyl (C=O) groups excluding carboxylic acids is 1. The molecule has 26 heavy (non-hydrogen) atoms. The van der Waals surface area contributed by atoms with Crippen molar-refractivity contribution in [3.8, 4) is 10.6 Å². The van der Waals surface area contributed by atoms with Gasteiger partial charge in [-0.1, -0.05) is 23.5 Å². The van der Waals surface area contributed by atoms with E-state index in [1.807, 2.05) is 30.0 Å². The number of fused-ring (bicyclic) bond motifs is 1. The summed E-state index contributed by atoms with van der Waals surface area (Å²) in [5, 5.41) is 14.2. The van der Waals surface area contributed by atoms with E-state index in [0.717, 1.165) is 39.4 Å². The fourth-order valence-electron chi connectivity index (χ4n) is 2.81. The van der Waals surface area contributed by atoms with Crippen LogP contribution in [-0.2, 0) is 9.53 Å². The van der Waals surface area contributed by atoms with Crippen molar-refractivity contribution in [1.29, 1.82) is 0 Å². The molecule has 0 atom stereocenters. The molecule has 1 saturated heterocycles. The van der Waals surface area contributed by atoms with Crippen LogP contribution in [0.5, 0.6) is 0 Å². The molecule has 134 valence electrons. The van der Waals surface area contributed by atoms with E-state index in [9.17, 15) is 4.79 Å². The number of nitrogens with zero attached hydrogens (tertiary/aromatic N) is 4. The lowest BCUT2D eigenvalue weighted by Crippen LogP contribution is -2.41. The fraction of sp³-hybridized carbons (Fsp3) is 0.333. The highest BCUT2D eigenvalue weighted by Crippen LogP contribution is 2.27. The van der Waals surface area contributed by atoms with E-state index < -0.39 is 0 Å². The van der Waals surface area contributed by atoms with Gasteiger partial charge in [0.25, 0.3) is 0 Å². The van der Waals surface area contributed by atoms with Crippen LogP contribution in [0.1, 0.15) is 6.38 Å². The summed E-state index contributed by atoms with van der Waals surface area (Å²) in [6.07, 6.45) is 1.67. The molecular weight excluding hydrogens is 350 g/mol. The molecule has 0 aliphatic carbocycles. The van der Waals surface area contributed by atoms with Crippen LogP contribution in [0.3, 0.4) is 0 Å². The minimum Gasteiger partial charge on any atom is -0.379 e. The van der Waals surface area contributed by atoms with Gasteiger partial charge in [0.2, 0.25) is 5.91 Å². The van der Waals surface area contributed by atoms with Crippen molar-refractivity contribution < 1.29 is 10.9 Å². The zero-order chi connectivity index (χ0) is 18.8. The maximum Gasteiger partial charge on any atom is 0.239 e. The SMILES string of the molecule is [2H]c1c(NC(=O)CN2CCOCC2)ncc2ccc(-c3nnc(C)s3)cc12. The average Bonchev–Trinajstić information content (AvgIpc) is 3.11. The summed E-state index contributed by atoms with van der Waals surface area (Å²) >= 11 is 1.50. The summed E-state index contributed by atoms with van der Waals surface area (Å²) in [6.45, 7) is 4.92. The van der Waals surface area contributed by atoms with Crippen LogP contribution in [0, 0.1) is 6.92 Å². The van der Waals surface area contributed by atoms with E-state index in [2.05, 4.69) is 20.5 Å². The molecule has 0 saturated carbocycles. The first-order valence-corrected chi connectivity index (χ1v) is 9.21. The number of aromatic nitrogens is 3. The zero-order valence-corrected chi connectivity index (χ0v) is 15.2. The van der Waals surface area contributed by atoms with Gasteiger partial charge in [0, 0.05) is 30.2 Å². The van der Waals surface area contributed by atoms with Crippen LogP contribution >= 0.6 is 11.3 Å². The zero-order valence-electron chi connectivity index (χ0n) is 15.4. The predicted octanol–water partition coefficient (Wildman–Crippen LogP) is 2.33.